The summed E-state index contributed by atoms with van der Waals surface area (Å²) >= 11 is 1.47. The van der Waals surface area contributed by atoms with Gasteiger partial charge in [-0.1, -0.05) is 32.1 Å². The lowest BCUT2D eigenvalue weighted by molar-refractivity contribution is -0.104. The molecule has 23 heavy (non-hydrogen) atoms. The van der Waals surface area contributed by atoms with Crippen LogP contribution in [-0.2, 0) is 11.2 Å². The average Bonchev–Trinajstić information content (AvgIpc) is 2.95. The Labute approximate surface area is 140 Å². The average molecular weight is 336 g/mol. The van der Waals surface area contributed by atoms with E-state index >= 15 is 0 Å². The third-order valence-electron chi connectivity index (χ3n) is 4.91. The molecule has 1 aliphatic carbocycles. The Hall–Kier alpha value is -1.47. The maximum atomic E-state index is 12.1. The first-order valence-corrected chi connectivity index (χ1v) is 8.94. The molecule has 2 aromatic heterocycles. The Morgan fingerprint density at radius 1 is 1.48 bits per heavy atom. The zero-order valence-corrected chi connectivity index (χ0v) is 15.2. The van der Waals surface area contributed by atoms with E-state index in [0.717, 1.165) is 30.3 Å². The van der Waals surface area contributed by atoms with Gasteiger partial charge in [-0.3, -0.25) is 4.79 Å². The molecular weight excluding hydrogens is 312 g/mol. The van der Waals surface area contributed by atoms with Crippen molar-refractivity contribution in [3.05, 3.63) is 22.1 Å². The number of fused-ring (bicyclic) bond motifs is 1. The van der Waals surface area contributed by atoms with Gasteiger partial charge in [0.25, 0.3) is 5.56 Å². The molecule has 0 spiro atoms. The molecule has 0 N–H and O–H groups in total. The van der Waals surface area contributed by atoms with E-state index in [1.165, 1.54) is 15.9 Å². The topological polar surface area (TPSA) is 59.7 Å². The highest BCUT2D eigenvalue weighted by molar-refractivity contribution is 7.20. The van der Waals surface area contributed by atoms with E-state index in [1.54, 1.807) is 6.07 Å². The van der Waals surface area contributed by atoms with Gasteiger partial charge in [0.05, 0.1) is 6.10 Å². The lowest BCUT2D eigenvalue weighted by Crippen LogP contribution is -2.61. The SMILES string of the molecule is CCO[C@@H]1C[C@@H](N(C)c2nn3c(=O)cc(CC)nc3s2)C1(C)C. The van der Waals surface area contributed by atoms with Gasteiger partial charge in [0.15, 0.2) is 0 Å². The third-order valence-corrected chi connectivity index (χ3v) is 5.91. The van der Waals surface area contributed by atoms with E-state index in [9.17, 15) is 4.79 Å². The Kier molecular flexibility index (Phi) is 4.18. The zero-order valence-electron chi connectivity index (χ0n) is 14.4. The van der Waals surface area contributed by atoms with E-state index in [1.807, 2.05) is 20.9 Å². The maximum Gasteiger partial charge on any atom is 0.275 e. The van der Waals surface area contributed by atoms with Gasteiger partial charge in [0, 0.05) is 36.9 Å². The quantitative estimate of drug-likeness (QED) is 0.839. The van der Waals surface area contributed by atoms with Crippen molar-refractivity contribution in [3.8, 4) is 0 Å². The second-order valence-corrected chi connectivity index (χ2v) is 7.58. The van der Waals surface area contributed by atoms with Crippen molar-refractivity contribution in [2.24, 2.45) is 5.41 Å². The summed E-state index contributed by atoms with van der Waals surface area (Å²) in [6.07, 6.45) is 2.01. The van der Waals surface area contributed by atoms with Gasteiger partial charge in [-0.05, 0) is 19.8 Å². The van der Waals surface area contributed by atoms with Crippen LogP contribution in [0.1, 0.15) is 39.8 Å². The monoisotopic (exact) mass is 336 g/mol. The summed E-state index contributed by atoms with van der Waals surface area (Å²) < 4.78 is 7.21. The second-order valence-electron chi connectivity index (χ2n) is 6.65. The van der Waals surface area contributed by atoms with Gasteiger partial charge in [0.1, 0.15) is 0 Å². The molecule has 0 aromatic carbocycles. The number of nitrogens with zero attached hydrogens (tertiary/aromatic N) is 4. The van der Waals surface area contributed by atoms with Crippen LogP contribution in [-0.4, -0.2) is 40.4 Å². The number of aromatic nitrogens is 3. The van der Waals surface area contributed by atoms with Crippen molar-refractivity contribution in [2.75, 3.05) is 18.6 Å². The molecule has 0 amide bonds. The Morgan fingerprint density at radius 3 is 2.83 bits per heavy atom. The van der Waals surface area contributed by atoms with Crippen LogP contribution in [0.25, 0.3) is 4.96 Å². The van der Waals surface area contributed by atoms with E-state index < -0.39 is 0 Å². The Bertz CT molecular complexity index is 767. The fourth-order valence-electron chi connectivity index (χ4n) is 3.31. The smallest absolute Gasteiger partial charge is 0.275 e. The van der Waals surface area contributed by atoms with Crippen molar-refractivity contribution in [1.29, 1.82) is 0 Å². The van der Waals surface area contributed by atoms with E-state index in [-0.39, 0.29) is 17.1 Å². The number of hydrogen-bond acceptors (Lipinski definition) is 6. The fourth-order valence-corrected chi connectivity index (χ4v) is 4.25. The standard InChI is InChI=1S/C16H24N4O2S/c1-6-10-8-13(21)20-14(17-10)23-15(18-20)19(5)11-9-12(22-7-2)16(11,3)4/h8,11-12H,6-7,9H2,1-5H3/t11-,12-/m1/s1. The highest BCUT2D eigenvalue weighted by atomic mass is 32.1. The summed E-state index contributed by atoms with van der Waals surface area (Å²) in [6, 6.07) is 1.91. The molecule has 6 nitrogen and oxygen atoms in total. The first-order valence-electron chi connectivity index (χ1n) is 8.12. The van der Waals surface area contributed by atoms with Crippen LogP contribution in [0.5, 0.6) is 0 Å². The molecule has 0 unspecified atom stereocenters. The highest BCUT2D eigenvalue weighted by Gasteiger charge is 2.51. The van der Waals surface area contributed by atoms with Gasteiger partial charge >= 0.3 is 0 Å². The molecule has 2 aromatic rings. The van der Waals surface area contributed by atoms with Crippen LogP contribution in [0.2, 0.25) is 0 Å². The predicted octanol–water partition coefficient (Wildman–Crippen LogP) is 2.35. The number of anilines is 1. The largest absolute Gasteiger partial charge is 0.378 e. The minimum absolute atomic E-state index is 0.0651. The molecule has 0 saturated heterocycles. The third kappa shape index (κ3) is 2.65. The summed E-state index contributed by atoms with van der Waals surface area (Å²) in [7, 11) is 2.04. The number of ether oxygens (including phenoxy) is 1. The first kappa shape index (κ1) is 16.4. The summed E-state index contributed by atoms with van der Waals surface area (Å²) in [4.78, 5) is 19.5. The normalized spacial score (nSPS) is 23.0. The zero-order chi connectivity index (χ0) is 16.8. The number of aryl methyl sites for hydroxylation is 1. The molecule has 126 valence electrons. The molecule has 7 heteroatoms. The molecular formula is C16H24N4O2S. The summed E-state index contributed by atoms with van der Waals surface area (Å²) in [5.74, 6) is 0. The minimum atomic E-state index is -0.109. The molecule has 3 rings (SSSR count). The first-order chi connectivity index (χ1) is 10.9. The van der Waals surface area contributed by atoms with Gasteiger partial charge in [-0.15, -0.1) is 5.10 Å². The van der Waals surface area contributed by atoms with Gasteiger partial charge in [-0.25, -0.2) is 4.98 Å². The Morgan fingerprint density at radius 2 is 2.22 bits per heavy atom. The van der Waals surface area contributed by atoms with Crippen molar-refractivity contribution in [3.63, 3.8) is 0 Å². The van der Waals surface area contributed by atoms with Gasteiger partial charge in [-0.2, -0.15) is 4.52 Å². The van der Waals surface area contributed by atoms with Gasteiger partial charge < -0.3 is 9.64 Å². The fraction of sp³-hybridized carbons (Fsp3) is 0.688. The van der Waals surface area contributed by atoms with Crippen molar-refractivity contribution in [1.82, 2.24) is 14.6 Å². The second kappa shape index (κ2) is 5.87. The van der Waals surface area contributed by atoms with Crippen LogP contribution in [0.3, 0.4) is 0 Å². The van der Waals surface area contributed by atoms with E-state index in [4.69, 9.17) is 4.74 Å². The van der Waals surface area contributed by atoms with E-state index in [0.29, 0.717) is 11.0 Å². The molecule has 0 bridgehead atoms. The molecule has 2 heterocycles. The Balaban J connectivity index is 1.89. The van der Waals surface area contributed by atoms with Crippen LogP contribution < -0.4 is 10.5 Å². The minimum Gasteiger partial charge on any atom is -0.378 e. The lowest BCUT2D eigenvalue weighted by atomic mass is 9.64. The highest BCUT2D eigenvalue weighted by Crippen LogP contribution is 2.46. The van der Waals surface area contributed by atoms with E-state index in [2.05, 4.69) is 28.8 Å². The van der Waals surface area contributed by atoms with Crippen LogP contribution >= 0.6 is 11.3 Å². The summed E-state index contributed by atoms with van der Waals surface area (Å²) in [6.45, 7) is 9.22. The van der Waals surface area contributed by atoms with Crippen LogP contribution in [0.4, 0.5) is 5.13 Å². The lowest BCUT2D eigenvalue weighted by Gasteiger charge is -2.54. The summed E-state index contributed by atoms with van der Waals surface area (Å²) in [5.41, 5.74) is 0.770. The van der Waals surface area contributed by atoms with Crippen molar-refractivity contribution in [2.45, 2.75) is 52.7 Å². The van der Waals surface area contributed by atoms with Crippen LogP contribution in [0.15, 0.2) is 10.9 Å². The molecule has 1 aliphatic rings. The molecule has 2 atom stereocenters. The number of hydrogen-bond donors (Lipinski definition) is 0. The van der Waals surface area contributed by atoms with Crippen LogP contribution in [0, 0.1) is 5.41 Å². The molecule has 0 aliphatic heterocycles. The van der Waals surface area contributed by atoms with Crippen molar-refractivity contribution >= 4 is 21.4 Å². The molecule has 1 saturated carbocycles. The maximum absolute atomic E-state index is 12.1. The molecule has 0 radical (unpaired) electrons. The number of rotatable bonds is 5. The van der Waals surface area contributed by atoms with Gasteiger partial charge in [0.2, 0.25) is 10.1 Å². The van der Waals surface area contributed by atoms with Crippen molar-refractivity contribution < 1.29 is 4.74 Å². The predicted molar refractivity (Wildman–Crippen MR) is 92.5 cm³/mol. The summed E-state index contributed by atoms with van der Waals surface area (Å²) in [5, 5.41) is 5.30. The molecule has 1 fully saturated rings.